The fraction of sp³-hybridized carbons (Fsp3) is 0.105. The van der Waals surface area contributed by atoms with Crippen molar-refractivity contribution in [3.05, 3.63) is 71.8 Å². The highest BCUT2D eigenvalue weighted by molar-refractivity contribution is 7.99. The van der Waals surface area contributed by atoms with Gasteiger partial charge in [-0.25, -0.2) is 0 Å². The Morgan fingerprint density at radius 1 is 1.15 bits per heavy atom. The Hall–Kier alpha value is -2.77. The molecule has 138 valence electrons. The second kappa shape index (κ2) is 8.75. The van der Waals surface area contributed by atoms with Crippen molar-refractivity contribution in [2.24, 2.45) is 7.05 Å². The molecule has 0 radical (unpaired) electrons. The average molecular weight is 400 g/mol. The van der Waals surface area contributed by atoms with Gasteiger partial charge in [-0.3, -0.25) is 15.6 Å². The maximum atomic E-state index is 12.1. The van der Waals surface area contributed by atoms with Gasteiger partial charge < -0.3 is 4.57 Å². The van der Waals surface area contributed by atoms with Crippen LogP contribution in [-0.4, -0.2) is 26.4 Å². The first-order valence-electron chi connectivity index (χ1n) is 8.12. The summed E-state index contributed by atoms with van der Waals surface area (Å²) in [6.45, 7) is 3.90. The van der Waals surface area contributed by atoms with Crippen molar-refractivity contribution < 1.29 is 4.79 Å². The molecule has 0 aliphatic rings. The van der Waals surface area contributed by atoms with Gasteiger partial charge >= 0.3 is 0 Å². The number of nitrogens with zero attached hydrogens (tertiary/aromatic N) is 3. The molecule has 0 fully saturated rings. The quantitative estimate of drug-likeness (QED) is 0.470. The lowest BCUT2D eigenvalue weighted by atomic mass is 10.2. The number of amides is 1. The van der Waals surface area contributed by atoms with Crippen LogP contribution < -0.4 is 10.9 Å². The largest absolute Gasteiger partial charge is 0.305 e. The molecule has 27 heavy (non-hydrogen) atoms. The van der Waals surface area contributed by atoms with Crippen molar-refractivity contribution >= 4 is 35.0 Å². The fourth-order valence-corrected chi connectivity index (χ4v) is 3.24. The lowest BCUT2D eigenvalue weighted by Gasteiger charge is -2.11. The molecule has 2 N–H and O–H groups in total. The Balaban J connectivity index is 1.54. The summed E-state index contributed by atoms with van der Waals surface area (Å²) in [7, 11) is 1.85. The summed E-state index contributed by atoms with van der Waals surface area (Å²) in [4.78, 5) is 12.1. The van der Waals surface area contributed by atoms with E-state index in [0.29, 0.717) is 21.7 Å². The lowest BCUT2D eigenvalue weighted by Crippen LogP contribution is -2.37. The number of benzene rings is 2. The molecule has 0 atom stereocenters. The van der Waals surface area contributed by atoms with E-state index in [1.165, 1.54) is 11.8 Å². The van der Waals surface area contributed by atoms with Gasteiger partial charge in [0.15, 0.2) is 11.0 Å². The van der Waals surface area contributed by atoms with Crippen molar-refractivity contribution in [3.63, 3.8) is 0 Å². The van der Waals surface area contributed by atoms with Crippen LogP contribution in [0.15, 0.2) is 66.3 Å². The van der Waals surface area contributed by atoms with E-state index >= 15 is 0 Å². The first-order valence-corrected chi connectivity index (χ1v) is 9.48. The van der Waals surface area contributed by atoms with Gasteiger partial charge in [0, 0.05) is 17.6 Å². The Morgan fingerprint density at radius 3 is 2.67 bits per heavy atom. The summed E-state index contributed by atoms with van der Waals surface area (Å²) < 4.78 is 1.83. The van der Waals surface area contributed by atoms with Gasteiger partial charge in [0.1, 0.15) is 0 Å². The van der Waals surface area contributed by atoms with Crippen LogP contribution in [0.5, 0.6) is 0 Å². The summed E-state index contributed by atoms with van der Waals surface area (Å²) in [6, 6.07) is 17.0. The first-order chi connectivity index (χ1) is 13.0. The van der Waals surface area contributed by atoms with Crippen LogP contribution in [0.3, 0.4) is 0 Å². The van der Waals surface area contributed by atoms with E-state index in [4.69, 9.17) is 11.6 Å². The Kier molecular flexibility index (Phi) is 6.16. The van der Waals surface area contributed by atoms with E-state index in [0.717, 1.165) is 11.1 Å². The maximum absolute atomic E-state index is 12.1. The second-order valence-electron chi connectivity index (χ2n) is 5.68. The zero-order valence-corrected chi connectivity index (χ0v) is 16.2. The molecule has 0 aliphatic carbocycles. The van der Waals surface area contributed by atoms with Crippen LogP contribution >= 0.6 is 23.4 Å². The van der Waals surface area contributed by atoms with Gasteiger partial charge in [-0.05, 0) is 17.7 Å². The molecule has 8 heteroatoms. The van der Waals surface area contributed by atoms with Crippen molar-refractivity contribution in [1.29, 1.82) is 0 Å². The minimum absolute atomic E-state index is 0.190. The van der Waals surface area contributed by atoms with E-state index in [1.807, 2.05) is 60.1 Å². The predicted octanol–water partition coefficient (Wildman–Crippen LogP) is 3.52. The molecule has 6 nitrogen and oxygen atoms in total. The highest BCUT2D eigenvalue weighted by Gasteiger charge is 2.13. The number of thioether (sulfide) groups is 1. The Bertz CT molecular complexity index is 958. The minimum atomic E-state index is -0.190. The van der Waals surface area contributed by atoms with Gasteiger partial charge in [-0.2, -0.15) is 0 Å². The molecule has 1 heterocycles. The van der Waals surface area contributed by atoms with Crippen molar-refractivity contribution in [2.75, 3.05) is 5.75 Å². The Morgan fingerprint density at radius 2 is 1.93 bits per heavy atom. The number of nitrogens with one attached hydrogen (secondary N) is 2. The zero-order valence-electron chi connectivity index (χ0n) is 14.6. The lowest BCUT2D eigenvalue weighted by molar-refractivity contribution is -0.119. The summed E-state index contributed by atoms with van der Waals surface area (Å²) in [6.07, 6.45) is 0. The van der Waals surface area contributed by atoms with Gasteiger partial charge in [-0.15, -0.1) is 10.2 Å². The summed E-state index contributed by atoms with van der Waals surface area (Å²) in [5, 5.41) is 9.62. The number of carbonyl (C=O) groups is 1. The van der Waals surface area contributed by atoms with Crippen LogP contribution in [0.2, 0.25) is 5.02 Å². The third-order valence-corrected chi connectivity index (χ3v) is 4.98. The molecule has 2 aromatic carbocycles. The number of aromatic nitrogens is 3. The van der Waals surface area contributed by atoms with Crippen LogP contribution in [-0.2, 0) is 11.8 Å². The van der Waals surface area contributed by atoms with Gasteiger partial charge in [0.2, 0.25) is 5.91 Å². The number of hydrogen-bond donors (Lipinski definition) is 2. The van der Waals surface area contributed by atoms with Gasteiger partial charge in [0.25, 0.3) is 0 Å². The average Bonchev–Trinajstić information content (AvgIpc) is 3.05. The molecule has 0 spiro atoms. The van der Waals surface area contributed by atoms with Gasteiger partial charge in [-0.1, -0.05) is 72.4 Å². The molecule has 3 aromatic rings. The highest BCUT2D eigenvalue weighted by Crippen LogP contribution is 2.24. The molecule has 0 unspecified atom stereocenters. The summed E-state index contributed by atoms with van der Waals surface area (Å²) in [5.41, 5.74) is 7.85. The smallest absolute Gasteiger partial charge is 0.248 e. The first kappa shape index (κ1) is 19.0. The number of hydrogen-bond acceptors (Lipinski definition) is 5. The number of rotatable bonds is 7. The summed E-state index contributed by atoms with van der Waals surface area (Å²) in [5.74, 6) is 0.691. The molecular formula is C19H18ClN5OS. The number of carbonyl (C=O) groups excluding carboxylic acids is 1. The van der Waals surface area contributed by atoms with E-state index in [1.54, 1.807) is 6.07 Å². The predicted molar refractivity (Wildman–Crippen MR) is 109 cm³/mol. The van der Waals surface area contributed by atoms with Crippen LogP contribution in [0.25, 0.3) is 17.1 Å². The molecule has 0 saturated carbocycles. The fourth-order valence-electron chi connectivity index (χ4n) is 2.34. The maximum Gasteiger partial charge on any atom is 0.248 e. The third kappa shape index (κ3) is 4.90. The molecule has 0 bridgehead atoms. The third-order valence-electron chi connectivity index (χ3n) is 3.73. The normalized spacial score (nSPS) is 10.4. The zero-order chi connectivity index (χ0) is 19.2. The Labute approximate surface area is 166 Å². The second-order valence-corrected chi connectivity index (χ2v) is 7.06. The van der Waals surface area contributed by atoms with Crippen molar-refractivity contribution in [2.45, 2.75) is 5.16 Å². The van der Waals surface area contributed by atoms with Crippen LogP contribution in [0.1, 0.15) is 5.56 Å². The van der Waals surface area contributed by atoms with Crippen molar-refractivity contribution in [3.8, 4) is 11.4 Å². The number of hydrazine groups is 1. The number of halogens is 1. The van der Waals surface area contributed by atoms with E-state index in [-0.39, 0.29) is 11.7 Å². The minimum Gasteiger partial charge on any atom is -0.305 e. The topological polar surface area (TPSA) is 71.8 Å². The van der Waals surface area contributed by atoms with Crippen molar-refractivity contribution in [1.82, 2.24) is 25.6 Å². The highest BCUT2D eigenvalue weighted by atomic mass is 35.5. The van der Waals surface area contributed by atoms with Crippen LogP contribution in [0.4, 0.5) is 0 Å². The molecule has 3 rings (SSSR count). The SMILES string of the molecule is C=C(NNC(=O)CSc1nnc(-c2cccc(Cl)c2)n1C)c1ccccc1. The van der Waals surface area contributed by atoms with E-state index in [9.17, 15) is 4.79 Å². The summed E-state index contributed by atoms with van der Waals surface area (Å²) >= 11 is 7.33. The molecule has 1 aromatic heterocycles. The van der Waals surface area contributed by atoms with E-state index < -0.39 is 0 Å². The van der Waals surface area contributed by atoms with Gasteiger partial charge in [0.05, 0.1) is 11.4 Å². The van der Waals surface area contributed by atoms with E-state index in [2.05, 4.69) is 27.6 Å². The molecule has 0 saturated heterocycles. The van der Waals surface area contributed by atoms with Crippen LogP contribution in [0, 0.1) is 0 Å². The molecular weight excluding hydrogens is 382 g/mol. The standard InChI is InChI=1S/C19H18ClN5OS/c1-13(14-7-4-3-5-8-14)21-22-17(26)12-27-19-24-23-18(25(19)2)15-9-6-10-16(20)11-15/h3-11,21H,1,12H2,2H3,(H,22,26). The molecule has 0 aliphatic heterocycles. The monoisotopic (exact) mass is 399 g/mol. The molecule has 1 amide bonds.